The van der Waals surface area contributed by atoms with E-state index >= 15 is 0 Å². The fraction of sp³-hybridized carbons (Fsp3) is 0.200. The third kappa shape index (κ3) is 4.13. The summed E-state index contributed by atoms with van der Waals surface area (Å²) >= 11 is 6.65. The van der Waals surface area contributed by atoms with Gasteiger partial charge in [-0.1, -0.05) is 23.2 Å². The summed E-state index contributed by atoms with van der Waals surface area (Å²) in [5.41, 5.74) is 10.3. The number of carbonyl (C=O) groups excluding carboxylic acids is 1. The van der Waals surface area contributed by atoms with Crippen LogP contribution in [-0.2, 0) is 17.9 Å². The van der Waals surface area contributed by atoms with Gasteiger partial charge in [0.15, 0.2) is 0 Å². The van der Waals surface area contributed by atoms with Crippen LogP contribution in [-0.4, -0.2) is 33.0 Å². The van der Waals surface area contributed by atoms with Gasteiger partial charge < -0.3 is 20.0 Å². The molecule has 4 aromatic rings. The number of fused-ring (bicyclic) bond motifs is 2. The van der Waals surface area contributed by atoms with E-state index in [1.165, 1.54) is 11.6 Å². The lowest BCUT2D eigenvalue weighted by Crippen LogP contribution is -2.46. The number of H-pyrrole nitrogens is 1. The maximum atomic E-state index is 12.2. The highest BCUT2D eigenvalue weighted by Crippen LogP contribution is 2.36. The Bertz CT molecular complexity index is 1420. The molecule has 1 unspecified atom stereocenters. The summed E-state index contributed by atoms with van der Waals surface area (Å²) in [5.74, 6) is 0.0585. The number of aromatic amines is 1. The van der Waals surface area contributed by atoms with E-state index in [2.05, 4.69) is 40.7 Å². The SMILES string of the molecule is Cc1ccc2c(ccn2-c2cc(Cl)c3c(c2)CN(Cc2cc[nH]c(=O)c2)C(C(N)=O)CO3)c1. The molecule has 1 amide bonds. The van der Waals surface area contributed by atoms with Crippen molar-refractivity contribution in [2.75, 3.05) is 6.61 Å². The molecule has 0 bridgehead atoms. The van der Waals surface area contributed by atoms with Crippen molar-refractivity contribution in [1.29, 1.82) is 0 Å². The molecule has 1 aliphatic rings. The van der Waals surface area contributed by atoms with Gasteiger partial charge in [-0.2, -0.15) is 0 Å². The van der Waals surface area contributed by atoms with Gasteiger partial charge in [0, 0.05) is 48.2 Å². The van der Waals surface area contributed by atoms with Crippen molar-refractivity contribution in [1.82, 2.24) is 14.5 Å². The van der Waals surface area contributed by atoms with E-state index in [9.17, 15) is 9.59 Å². The van der Waals surface area contributed by atoms with Crippen LogP contribution in [0.4, 0.5) is 0 Å². The summed E-state index contributed by atoms with van der Waals surface area (Å²) in [7, 11) is 0. The maximum absolute atomic E-state index is 12.2. The molecule has 2 aromatic heterocycles. The highest BCUT2D eigenvalue weighted by molar-refractivity contribution is 6.32. The molecule has 5 rings (SSSR count). The lowest BCUT2D eigenvalue weighted by atomic mass is 10.1. The quantitative estimate of drug-likeness (QED) is 0.485. The number of aryl methyl sites for hydroxylation is 1. The van der Waals surface area contributed by atoms with Crippen LogP contribution in [0.2, 0.25) is 5.02 Å². The number of hydrogen-bond donors (Lipinski definition) is 2. The molecule has 0 saturated heterocycles. The van der Waals surface area contributed by atoms with Gasteiger partial charge in [0.2, 0.25) is 11.5 Å². The lowest BCUT2D eigenvalue weighted by molar-refractivity contribution is -0.124. The number of nitrogens with one attached hydrogen (secondary N) is 1. The average molecular weight is 463 g/mol. The Balaban J connectivity index is 1.56. The number of aromatic nitrogens is 2. The number of carbonyl (C=O) groups is 1. The zero-order chi connectivity index (χ0) is 23.1. The summed E-state index contributed by atoms with van der Waals surface area (Å²) < 4.78 is 8.05. The number of nitrogens with two attached hydrogens (primary N) is 1. The van der Waals surface area contributed by atoms with Crippen LogP contribution in [0.1, 0.15) is 16.7 Å². The first kappa shape index (κ1) is 21.3. The summed E-state index contributed by atoms with van der Waals surface area (Å²) in [6.07, 6.45) is 3.60. The van der Waals surface area contributed by atoms with Gasteiger partial charge in [-0.15, -0.1) is 0 Å². The molecule has 168 valence electrons. The molecule has 33 heavy (non-hydrogen) atoms. The highest BCUT2D eigenvalue weighted by atomic mass is 35.5. The van der Waals surface area contributed by atoms with Gasteiger partial charge in [-0.05, 0) is 48.9 Å². The number of pyridine rings is 1. The van der Waals surface area contributed by atoms with Crippen molar-refractivity contribution in [3.8, 4) is 11.4 Å². The van der Waals surface area contributed by atoms with Crippen LogP contribution in [0.25, 0.3) is 16.6 Å². The third-order valence-corrected chi connectivity index (χ3v) is 6.26. The minimum atomic E-state index is -0.661. The number of rotatable bonds is 4. The normalized spacial score (nSPS) is 16.2. The van der Waals surface area contributed by atoms with E-state index in [1.807, 2.05) is 29.3 Å². The Kier molecular flexibility index (Phi) is 5.44. The van der Waals surface area contributed by atoms with Crippen LogP contribution in [0.15, 0.2) is 65.7 Å². The van der Waals surface area contributed by atoms with Crippen molar-refractivity contribution in [3.05, 3.63) is 93.0 Å². The summed E-state index contributed by atoms with van der Waals surface area (Å²) in [4.78, 5) is 28.5. The van der Waals surface area contributed by atoms with Crippen LogP contribution in [0.3, 0.4) is 0 Å². The van der Waals surface area contributed by atoms with Crippen molar-refractivity contribution in [3.63, 3.8) is 0 Å². The molecule has 0 radical (unpaired) electrons. The second-order valence-corrected chi connectivity index (χ2v) is 8.77. The summed E-state index contributed by atoms with van der Waals surface area (Å²) in [6.45, 7) is 2.91. The van der Waals surface area contributed by atoms with Crippen LogP contribution in [0, 0.1) is 6.92 Å². The van der Waals surface area contributed by atoms with E-state index in [0.29, 0.717) is 23.9 Å². The minimum Gasteiger partial charge on any atom is -0.489 e. The van der Waals surface area contributed by atoms with E-state index in [0.717, 1.165) is 27.7 Å². The van der Waals surface area contributed by atoms with Crippen LogP contribution >= 0.6 is 11.6 Å². The number of halogens is 1. The van der Waals surface area contributed by atoms with Gasteiger partial charge in [0.25, 0.3) is 0 Å². The topological polar surface area (TPSA) is 93.4 Å². The number of nitrogens with zero attached hydrogens (tertiary/aromatic N) is 2. The molecule has 8 heteroatoms. The number of amides is 1. The summed E-state index contributed by atoms with van der Waals surface area (Å²) in [6, 6.07) is 14.9. The largest absolute Gasteiger partial charge is 0.489 e. The Morgan fingerprint density at radius 2 is 2.06 bits per heavy atom. The zero-order valence-electron chi connectivity index (χ0n) is 18.0. The molecule has 3 heterocycles. The van der Waals surface area contributed by atoms with E-state index in [-0.39, 0.29) is 12.2 Å². The monoisotopic (exact) mass is 462 g/mol. The van der Waals surface area contributed by atoms with Crippen LogP contribution < -0.4 is 16.0 Å². The molecular weight excluding hydrogens is 440 g/mol. The fourth-order valence-corrected chi connectivity index (χ4v) is 4.67. The van der Waals surface area contributed by atoms with E-state index < -0.39 is 11.9 Å². The molecule has 0 saturated carbocycles. The Morgan fingerprint density at radius 3 is 2.85 bits per heavy atom. The zero-order valence-corrected chi connectivity index (χ0v) is 18.8. The first-order valence-electron chi connectivity index (χ1n) is 10.6. The van der Waals surface area contributed by atoms with E-state index in [4.69, 9.17) is 22.1 Å². The lowest BCUT2D eigenvalue weighted by Gasteiger charge is -2.26. The number of ether oxygens (including phenoxy) is 1. The molecule has 1 aliphatic heterocycles. The van der Waals surface area contributed by atoms with Gasteiger partial charge in [0.1, 0.15) is 18.4 Å². The molecule has 0 spiro atoms. The molecular formula is C25H23ClN4O3. The van der Waals surface area contributed by atoms with Gasteiger partial charge in [-0.3, -0.25) is 14.5 Å². The smallest absolute Gasteiger partial charge is 0.248 e. The minimum absolute atomic E-state index is 0.0797. The molecule has 2 aromatic carbocycles. The number of primary amides is 1. The summed E-state index contributed by atoms with van der Waals surface area (Å²) in [5, 5.41) is 1.61. The molecule has 0 aliphatic carbocycles. The maximum Gasteiger partial charge on any atom is 0.248 e. The highest BCUT2D eigenvalue weighted by Gasteiger charge is 2.30. The van der Waals surface area contributed by atoms with Crippen LogP contribution in [0.5, 0.6) is 5.75 Å². The fourth-order valence-electron chi connectivity index (χ4n) is 4.39. The van der Waals surface area contributed by atoms with Gasteiger partial charge >= 0.3 is 0 Å². The number of benzene rings is 2. The van der Waals surface area contributed by atoms with Crippen molar-refractivity contribution in [2.24, 2.45) is 5.73 Å². The Labute approximate surface area is 195 Å². The third-order valence-electron chi connectivity index (χ3n) is 5.98. The van der Waals surface area contributed by atoms with Crippen molar-refractivity contribution in [2.45, 2.75) is 26.1 Å². The number of hydrogen-bond acceptors (Lipinski definition) is 4. The van der Waals surface area contributed by atoms with Gasteiger partial charge in [-0.25, -0.2) is 0 Å². The first-order chi connectivity index (χ1) is 15.9. The Hall–Kier alpha value is -3.55. The van der Waals surface area contributed by atoms with Crippen molar-refractivity contribution >= 4 is 28.4 Å². The van der Waals surface area contributed by atoms with E-state index in [1.54, 1.807) is 6.20 Å². The average Bonchev–Trinajstić information content (AvgIpc) is 3.08. The van der Waals surface area contributed by atoms with Gasteiger partial charge in [0.05, 0.1) is 10.5 Å². The predicted molar refractivity (Wildman–Crippen MR) is 128 cm³/mol. The molecule has 1 atom stereocenters. The standard InChI is InChI=1S/C25H23ClN4O3/c1-15-2-3-21-17(8-15)5-7-30(21)19-10-18-13-29(12-16-4-6-28-23(31)9-16)22(25(27)32)14-33-24(18)20(26)11-19/h2-11,22H,12-14H2,1H3,(H2,27,32)(H,28,31). The van der Waals surface area contributed by atoms with Crippen molar-refractivity contribution < 1.29 is 9.53 Å². The predicted octanol–water partition coefficient (Wildman–Crippen LogP) is 3.53. The first-order valence-corrected chi connectivity index (χ1v) is 11.0. The Morgan fingerprint density at radius 1 is 1.21 bits per heavy atom. The molecule has 3 N–H and O–H groups in total. The second kappa shape index (κ2) is 8.42. The molecule has 0 fully saturated rings. The second-order valence-electron chi connectivity index (χ2n) is 8.36. The molecule has 7 nitrogen and oxygen atoms in total.